The van der Waals surface area contributed by atoms with E-state index in [9.17, 15) is 9.18 Å². The van der Waals surface area contributed by atoms with Crippen LogP contribution in [0.5, 0.6) is 0 Å². The van der Waals surface area contributed by atoms with E-state index in [4.69, 9.17) is 4.74 Å². The van der Waals surface area contributed by atoms with Gasteiger partial charge in [0.25, 0.3) is 0 Å². The number of carbonyl (C=O) groups is 1. The highest BCUT2D eigenvalue weighted by Crippen LogP contribution is 2.42. The van der Waals surface area contributed by atoms with Crippen molar-refractivity contribution in [3.8, 4) is 0 Å². The summed E-state index contributed by atoms with van der Waals surface area (Å²) in [5.41, 5.74) is 0.306. The van der Waals surface area contributed by atoms with Crippen LogP contribution >= 0.6 is 0 Å². The highest BCUT2D eigenvalue weighted by atomic mass is 19.1. The van der Waals surface area contributed by atoms with E-state index in [0.717, 1.165) is 31.9 Å². The van der Waals surface area contributed by atoms with Gasteiger partial charge in [-0.1, -0.05) is 12.8 Å². The van der Waals surface area contributed by atoms with Crippen molar-refractivity contribution >= 4 is 5.78 Å². The maximum Gasteiger partial charge on any atom is 0.184 e. The van der Waals surface area contributed by atoms with Crippen LogP contribution in [0.1, 0.15) is 49.0 Å². The summed E-state index contributed by atoms with van der Waals surface area (Å²) in [6, 6.07) is 2.78. The summed E-state index contributed by atoms with van der Waals surface area (Å²) < 4.78 is 18.8. The van der Waals surface area contributed by atoms with E-state index in [1.165, 1.54) is 25.0 Å². The summed E-state index contributed by atoms with van der Waals surface area (Å²) in [5, 5.41) is 0. The fourth-order valence-electron chi connectivity index (χ4n) is 3.35. The third-order valence-corrected chi connectivity index (χ3v) is 4.36. The molecule has 1 atom stereocenters. The van der Waals surface area contributed by atoms with E-state index in [-0.39, 0.29) is 17.3 Å². The average molecular weight is 263 g/mol. The van der Waals surface area contributed by atoms with Crippen molar-refractivity contribution in [3.05, 3.63) is 29.8 Å². The minimum Gasteiger partial charge on any atom is -0.375 e. The number of nitrogens with zero attached hydrogens (tertiary/aromatic N) is 1. The Hall–Kier alpha value is -1.29. The minimum absolute atomic E-state index is 0.0233. The van der Waals surface area contributed by atoms with Gasteiger partial charge in [0.1, 0.15) is 11.5 Å². The number of ether oxygens (including phenoxy) is 1. The predicted octanol–water partition coefficient (Wildman–Crippen LogP) is 3.14. The van der Waals surface area contributed by atoms with Gasteiger partial charge in [0.15, 0.2) is 5.78 Å². The van der Waals surface area contributed by atoms with Gasteiger partial charge in [-0.2, -0.15) is 0 Å². The molecule has 1 aliphatic carbocycles. The molecule has 2 heterocycles. The molecule has 0 N–H and O–H groups in total. The van der Waals surface area contributed by atoms with E-state index < -0.39 is 5.82 Å². The van der Waals surface area contributed by atoms with Gasteiger partial charge < -0.3 is 4.74 Å². The van der Waals surface area contributed by atoms with Crippen LogP contribution in [0, 0.1) is 11.7 Å². The summed E-state index contributed by atoms with van der Waals surface area (Å²) in [4.78, 5) is 16.3. The molecule has 1 saturated heterocycles. The first kappa shape index (κ1) is 12.7. The molecule has 3 nitrogen and oxygen atoms in total. The van der Waals surface area contributed by atoms with Crippen LogP contribution in [0.2, 0.25) is 0 Å². The predicted molar refractivity (Wildman–Crippen MR) is 68.4 cm³/mol. The molecule has 1 aliphatic heterocycles. The van der Waals surface area contributed by atoms with Crippen molar-refractivity contribution in [3.63, 3.8) is 0 Å². The molecule has 1 aromatic heterocycles. The lowest BCUT2D eigenvalue weighted by Crippen LogP contribution is -2.39. The fourth-order valence-corrected chi connectivity index (χ4v) is 3.35. The van der Waals surface area contributed by atoms with Gasteiger partial charge in [0.05, 0.1) is 11.8 Å². The Morgan fingerprint density at radius 3 is 2.84 bits per heavy atom. The Kier molecular flexibility index (Phi) is 3.35. The standard InChI is InChI=1S/C15H18FNO2/c16-12-3-4-13(17-10-12)14(18)11-5-8-19-15(9-11)6-1-2-7-15/h3-4,10-11H,1-2,5-9H2. The molecule has 19 heavy (non-hydrogen) atoms. The Bertz CT molecular complexity index is 466. The number of rotatable bonds is 2. The molecule has 0 aromatic carbocycles. The fraction of sp³-hybridized carbons (Fsp3) is 0.600. The van der Waals surface area contributed by atoms with Crippen LogP contribution in [0.15, 0.2) is 18.3 Å². The van der Waals surface area contributed by atoms with Crippen LogP contribution in [-0.2, 0) is 4.74 Å². The lowest BCUT2D eigenvalue weighted by Gasteiger charge is -2.37. The van der Waals surface area contributed by atoms with Crippen LogP contribution in [0.3, 0.4) is 0 Å². The van der Waals surface area contributed by atoms with Gasteiger partial charge in [-0.3, -0.25) is 9.78 Å². The molecule has 4 heteroatoms. The Labute approximate surface area is 112 Å². The SMILES string of the molecule is O=C(c1ccc(F)cn1)C1CCOC2(CCCC2)C1. The number of pyridine rings is 1. The van der Waals surface area contributed by atoms with Crippen molar-refractivity contribution in [2.45, 2.75) is 44.1 Å². The van der Waals surface area contributed by atoms with Crippen molar-refractivity contribution in [1.29, 1.82) is 0 Å². The van der Waals surface area contributed by atoms with Gasteiger partial charge in [0, 0.05) is 12.5 Å². The van der Waals surface area contributed by atoms with E-state index in [1.54, 1.807) is 0 Å². The molecule has 1 unspecified atom stereocenters. The van der Waals surface area contributed by atoms with Crippen molar-refractivity contribution < 1.29 is 13.9 Å². The first-order valence-corrected chi connectivity index (χ1v) is 6.98. The molecule has 3 rings (SSSR count). The third kappa shape index (κ3) is 2.54. The number of aromatic nitrogens is 1. The second-order valence-corrected chi connectivity index (χ2v) is 5.65. The molecular weight excluding hydrogens is 245 g/mol. The summed E-state index contributed by atoms with van der Waals surface area (Å²) >= 11 is 0. The second-order valence-electron chi connectivity index (χ2n) is 5.65. The number of hydrogen-bond donors (Lipinski definition) is 0. The zero-order chi connectivity index (χ0) is 13.3. The first-order valence-electron chi connectivity index (χ1n) is 6.98. The zero-order valence-corrected chi connectivity index (χ0v) is 10.9. The zero-order valence-electron chi connectivity index (χ0n) is 10.9. The van der Waals surface area contributed by atoms with Crippen molar-refractivity contribution in [1.82, 2.24) is 4.98 Å². The monoisotopic (exact) mass is 263 g/mol. The van der Waals surface area contributed by atoms with E-state index in [0.29, 0.717) is 12.3 Å². The summed E-state index contributed by atoms with van der Waals surface area (Å²) in [6.07, 6.45) is 7.16. The van der Waals surface area contributed by atoms with Gasteiger partial charge >= 0.3 is 0 Å². The Morgan fingerprint density at radius 2 is 2.16 bits per heavy atom. The maximum absolute atomic E-state index is 12.8. The summed E-state index contributed by atoms with van der Waals surface area (Å²) in [7, 11) is 0. The smallest absolute Gasteiger partial charge is 0.184 e. The Morgan fingerprint density at radius 1 is 1.37 bits per heavy atom. The van der Waals surface area contributed by atoms with Crippen LogP contribution in [0.25, 0.3) is 0 Å². The van der Waals surface area contributed by atoms with Gasteiger partial charge in [-0.15, -0.1) is 0 Å². The molecule has 1 aromatic rings. The number of carbonyl (C=O) groups excluding carboxylic acids is 1. The molecule has 1 saturated carbocycles. The molecule has 2 fully saturated rings. The molecule has 0 bridgehead atoms. The molecule has 2 aliphatic rings. The number of halogens is 1. The summed E-state index contributed by atoms with van der Waals surface area (Å²) in [6.45, 7) is 0.650. The molecule has 1 spiro atoms. The van der Waals surface area contributed by atoms with E-state index in [1.807, 2.05) is 0 Å². The molecule has 102 valence electrons. The Balaban J connectivity index is 1.74. The second kappa shape index (κ2) is 5.00. The highest BCUT2D eigenvalue weighted by molar-refractivity contribution is 5.96. The van der Waals surface area contributed by atoms with E-state index >= 15 is 0 Å². The topological polar surface area (TPSA) is 39.2 Å². The largest absolute Gasteiger partial charge is 0.375 e. The average Bonchev–Trinajstić information content (AvgIpc) is 2.87. The number of Topliss-reactive ketones (excluding diaryl/α,β-unsaturated/α-hetero) is 1. The highest BCUT2D eigenvalue weighted by Gasteiger charge is 2.42. The molecule has 0 amide bonds. The first-order chi connectivity index (χ1) is 9.19. The van der Waals surface area contributed by atoms with E-state index in [2.05, 4.69) is 4.98 Å². The lowest BCUT2D eigenvalue weighted by atomic mass is 9.81. The van der Waals surface area contributed by atoms with Gasteiger partial charge in [-0.25, -0.2) is 4.39 Å². The molecule has 0 radical (unpaired) electrons. The van der Waals surface area contributed by atoms with Crippen LogP contribution in [-0.4, -0.2) is 23.0 Å². The summed E-state index contributed by atoms with van der Waals surface area (Å²) in [5.74, 6) is -0.393. The number of ketones is 1. The normalized spacial score (nSPS) is 25.6. The number of hydrogen-bond acceptors (Lipinski definition) is 3. The van der Waals surface area contributed by atoms with Gasteiger partial charge in [-0.05, 0) is 37.8 Å². The third-order valence-electron chi connectivity index (χ3n) is 4.36. The minimum atomic E-state index is -0.407. The van der Waals surface area contributed by atoms with Crippen molar-refractivity contribution in [2.24, 2.45) is 5.92 Å². The van der Waals surface area contributed by atoms with Crippen LogP contribution in [0.4, 0.5) is 4.39 Å². The maximum atomic E-state index is 12.8. The van der Waals surface area contributed by atoms with Crippen LogP contribution < -0.4 is 0 Å². The van der Waals surface area contributed by atoms with Gasteiger partial charge in [0.2, 0.25) is 0 Å². The quantitative estimate of drug-likeness (QED) is 0.769. The lowest BCUT2D eigenvalue weighted by molar-refractivity contribution is -0.0866. The van der Waals surface area contributed by atoms with Crippen molar-refractivity contribution in [2.75, 3.05) is 6.61 Å². The molecular formula is C15H18FNO2.